The Hall–Kier alpha value is -3.77. The van der Waals surface area contributed by atoms with Crippen molar-refractivity contribution >= 4 is 40.4 Å². The number of amides is 2. The van der Waals surface area contributed by atoms with Gasteiger partial charge in [-0.05, 0) is 42.3 Å². The molecule has 2 aliphatic rings. The molecular formula is C25H19ClN2O4. The average Bonchev–Trinajstić information content (AvgIpc) is 3.05. The van der Waals surface area contributed by atoms with Crippen LogP contribution in [0.3, 0.4) is 0 Å². The summed E-state index contributed by atoms with van der Waals surface area (Å²) in [4.78, 5) is 28.2. The van der Waals surface area contributed by atoms with E-state index in [1.54, 1.807) is 48.5 Å². The van der Waals surface area contributed by atoms with Gasteiger partial charge in [-0.15, -0.1) is 0 Å². The summed E-state index contributed by atoms with van der Waals surface area (Å²) in [6.07, 6.45) is 0. The number of aryl methyl sites for hydroxylation is 1. The van der Waals surface area contributed by atoms with Crippen LogP contribution >= 0.6 is 11.6 Å². The molecule has 7 heteroatoms. The number of rotatable bonds is 4. The van der Waals surface area contributed by atoms with Crippen molar-refractivity contribution in [2.24, 2.45) is 0 Å². The Morgan fingerprint density at radius 2 is 1.62 bits per heavy atom. The van der Waals surface area contributed by atoms with Gasteiger partial charge in [-0.25, -0.2) is 4.90 Å². The number of hydrogen-bond donors (Lipinski definition) is 1. The van der Waals surface area contributed by atoms with E-state index in [1.807, 2.05) is 25.1 Å². The van der Waals surface area contributed by atoms with Crippen molar-refractivity contribution in [2.45, 2.75) is 6.92 Å². The summed E-state index contributed by atoms with van der Waals surface area (Å²) < 4.78 is 11.2. The third kappa shape index (κ3) is 3.48. The summed E-state index contributed by atoms with van der Waals surface area (Å²) in [5, 5.41) is 3.60. The Bertz CT molecular complexity index is 1270. The summed E-state index contributed by atoms with van der Waals surface area (Å²) in [6.45, 7) is 2.78. The van der Waals surface area contributed by atoms with Crippen LogP contribution in [-0.4, -0.2) is 25.0 Å². The van der Waals surface area contributed by atoms with Crippen molar-refractivity contribution in [1.82, 2.24) is 0 Å². The fraction of sp³-hybridized carbons (Fsp3) is 0.120. The van der Waals surface area contributed by atoms with E-state index in [-0.39, 0.29) is 5.70 Å². The van der Waals surface area contributed by atoms with Gasteiger partial charge in [0, 0.05) is 16.8 Å². The molecule has 2 amide bonds. The lowest BCUT2D eigenvalue weighted by Gasteiger charge is -2.20. The minimum Gasteiger partial charge on any atom is -0.486 e. The largest absolute Gasteiger partial charge is 0.486 e. The molecule has 2 aliphatic heterocycles. The Kier molecular flexibility index (Phi) is 5.07. The van der Waals surface area contributed by atoms with Gasteiger partial charge in [0.1, 0.15) is 18.9 Å². The van der Waals surface area contributed by atoms with Gasteiger partial charge in [0.15, 0.2) is 11.5 Å². The highest BCUT2D eigenvalue weighted by atomic mass is 35.5. The molecule has 3 aromatic carbocycles. The SMILES string of the molecule is Cc1ccc(Cl)cc1N1C(=O)C(Nc2ccc3c(c2)OCCO3)=C(c2ccccc2)C1=O. The number of benzene rings is 3. The average molecular weight is 447 g/mol. The number of carbonyl (C=O) groups excluding carboxylic acids is 2. The molecule has 0 bridgehead atoms. The second-order valence-electron chi connectivity index (χ2n) is 7.48. The number of halogens is 1. The molecule has 5 rings (SSSR count). The molecule has 0 aliphatic carbocycles. The summed E-state index contributed by atoms with van der Waals surface area (Å²) in [6, 6.07) is 19.6. The second kappa shape index (κ2) is 8.05. The highest BCUT2D eigenvalue weighted by Gasteiger charge is 2.41. The van der Waals surface area contributed by atoms with Gasteiger partial charge in [0.25, 0.3) is 11.8 Å². The fourth-order valence-electron chi connectivity index (χ4n) is 3.83. The Morgan fingerprint density at radius 1 is 0.875 bits per heavy atom. The summed E-state index contributed by atoms with van der Waals surface area (Å²) >= 11 is 6.17. The van der Waals surface area contributed by atoms with Crippen molar-refractivity contribution in [2.75, 3.05) is 23.4 Å². The lowest BCUT2D eigenvalue weighted by molar-refractivity contribution is -0.120. The normalized spacial score (nSPS) is 15.4. The molecule has 0 aromatic heterocycles. The van der Waals surface area contributed by atoms with Gasteiger partial charge in [-0.1, -0.05) is 48.0 Å². The molecule has 32 heavy (non-hydrogen) atoms. The van der Waals surface area contributed by atoms with Crippen molar-refractivity contribution < 1.29 is 19.1 Å². The van der Waals surface area contributed by atoms with Crippen LogP contribution in [0.2, 0.25) is 5.02 Å². The van der Waals surface area contributed by atoms with Crippen molar-refractivity contribution in [1.29, 1.82) is 0 Å². The quantitative estimate of drug-likeness (QED) is 0.582. The highest BCUT2D eigenvalue weighted by molar-refractivity contribution is 6.46. The van der Waals surface area contributed by atoms with E-state index < -0.39 is 11.8 Å². The number of anilines is 2. The Morgan fingerprint density at radius 3 is 2.41 bits per heavy atom. The predicted octanol–water partition coefficient (Wildman–Crippen LogP) is 4.82. The van der Waals surface area contributed by atoms with E-state index in [0.29, 0.717) is 52.2 Å². The van der Waals surface area contributed by atoms with Crippen LogP contribution in [0.4, 0.5) is 11.4 Å². The molecule has 0 saturated heterocycles. The topological polar surface area (TPSA) is 67.9 Å². The standard InChI is InChI=1S/C25H19ClN2O4/c1-15-7-8-17(26)13-19(15)28-24(29)22(16-5-3-2-4-6-16)23(25(28)30)27-18-9-10-20-21(14-18)32-12-11-31-20/h2-10,13-14,27H,11-12H2,1H3. The predicted molar refractivity (Wildman–Crippen MR) is 123 cm³/mol. The van der Waals surface area contributed by atoms with Crippen LogP contribution in [0.1, 0.15) is 11.1 Å². The van der Waals surface area contributed by atoms with Gasteiger partial charge in [0.05, 0.1) is 11.3 Å². The summed E-state index contributed by atoms with van der Waals surface area (Å²) in [5.41, 5.74) is 2.97. The zero-order valence-electron chi connectivity index (χ0n) is 17.2. The molecule has 0 atom stereocenters. The number of nitrogens with one attached hydrogen (secondary N) is 1. The fourth-order valence-corrected chi connectivity index (χ4v) is 3.99. The molecule has 2 heterocycles. The maximum absolute atomic E-state index is 13.5. The highest BCUT2D eigenvalue weighted by Crippen LogP contribution is 2.38. The van der Waals surface area contributed by atoms with E-state index >= 15 is 0 Å². The van der Waals surface area contributed by atoms with Gasteiger partial charge in [0.2, 0.25) is 0 Å². The summed E-state index contributed by atoms with van der Waals surface area (Å²) in [7, 11) is 0. The second-order valence-corrected chi connectivity index (χ2v) is 7.91. The lowest BCUT2D eigenvalue weighted by atomic mass is 10.0. The lowest BCUT2D eigenvalue weighted by Crippen LogP contribution is -2.33. The van der Waals surface area contributed by atoms with Gasteiger partial charge >= 0.3 is 0 Å². The number of fused-ring (bicyclic) bond motifs is 1. The van der Waals surface area contributed by atoms with Crippen molar-refractivity contribution in [3.05, 3.63) is 88.6 Å². The van der Waals surface area contributed by atoms with Crippen molar-refractivity contribution in [3.8, 4) is 11.5 Å². The monoisotopic (exact) mass is 446 g/mol. The smallest absolute Gasteiger partial charge is 0.282 e. The summed E-state index contributed by atoms with van der Waals surface area (Å²) in [5.74, 6) is 0.368. The zero-order valence-corrected chi connectivity index (χ0v) is 18.0. The van der Waals surface area contributed by atoms with Crippen LogP contribution in [0.5, 0.6) is 11.5 Å². The van der Waals surface area contributed by atoms with Crippen LogP contribution in [0, 0.1) is 6.92 Å². The first-order valence-electron chi connectivity index (χ1n) is 10.1. The van der Waals surface area contributed by atoms with Crippen LogP contribution in [0.15, 0.2) is 72.4 Å². The zero-order chi connectivity index (χ0) is 22.2. The van der Waals surface area contributed by atoms with E-state index in [1.165, 1.54) is 4.90 Å². The number of ether oxygens (including phenoxy) is 2. The van der Waals surface area contributed by atoms with E-state index in [9.17, 15) is 9.59 Å². The Balaban J connectivity index is 1.60. The minimum atomic E-state index is -0.450. The molecule has 0 spiro atoms. The number of carbonyl (C=O) groups is 2. The first-order chi connectivity index (χ1) is 15.5. The van der Waals surface area contributed by atoms with Gasteiger partial charge in [-0.2, -0.15) is 0 Å². The molecular weight excluding hydrogens is 428 g/mol. The van der Waals surface area contributed by atoms with E-state index in [0.717, 1.165) is 5.56 Å². The molecule has 1 N–H and O–H groups in total. The third-order valence-corrected chi connectivity index (χ3v) is 5.61. The molecule has 3 aromatic rings. The molecule has 0 unspecified atom stereocenters. The van der Waals surface area contributed by atoms with E-state index in [4.69, 9.17) is 21.1 Å². The number of hydrogen-bond acceptors (Lipinski definition) is 5. The molecule has 0 fully saturated rings. The molecule has 6 nitrogen and oxygen atoms in total. The van der Waals surface area contributed by atoms with Gasteiger partial charge < -0.3 is 14.8 Å². The van der Waals surface area contributed by atoms with Crippen LogP contribution in [0.25, 0.3) is 5.57 Å². The third-order valence-electron chi connectivity index (χ3n) is 5.37. The maximum Gasteiger partial charge on any atom is 0.282 e. The van der Waals surface area contributed by atoms with Crippen LogP contribution < -0.4 is 19.7 Å². The number of imide groups is 1. The van der Waals surface area contributed by atoms with Crippen molar-refractivity contribution in [3.63, 3.8) is 0 Å². The number of nitrogens with zero attached hydrogens (tertiary/aromatic N) is 1. The molecule has 160 valence electrons. The van der Waals surface area contributed by atoms with Crippen LogP contribution in [-0.2, 0) is 9.59 Å². The first kappa shape index (κ1) is 20.2. The molecule has 0 radical (unpaired) electrons. The Labute approximate surface area is 190 Å². The van der Waals surface area contributed by atoms with Gasteiger partial charge in [-0.3, -0.25) is 9.59 Å². The minimum absolute atomic E-state index is 0.192. The first-order valence-corrected chi connectivity index (χ1v) is 10.5. The molecule has 0 saturated carbocycles. The maximum atomic E-state index is 13.5. The van der Waals surface area contributed by atoms with E-state index in [2.05, 4.69) is 5.32 Å².